The predicted molar refractivity (Wildman–Crippen MR) is 131 cm³/mol. The first-order valence-corrected chi connectivity index (χ1v) is 11.8. The van der Waals surface area contributed by atoms with Gasteiger partial charge in [-0.15, -0.1) is 0 Å². The van der Waals surface area contributed by atoms with Crippen LogP contribution in [0.15, 0.2) is 42.5 Å². The molecule has 7 heteroatoms. The third-order valence-corrected chi connectivity index (χ3v) is 6.83. The fourth-order valence-electron chi connectivity index (χ4n) is 4.62. The van der Waals surface area contributed by atoms with Crippen molar-refractivity contribution in [2.45, 2.75) is 25.9 Å². The zero-order valence-corrected chi connectivity index (χ0v) is 19.9. The molecule has 4 rings (SSSR count). The topological polar surface area (TPSA) is 67.9 Å². The normalized spacial score (nSPS) is 17.5. The van der Waals surface area contributed by atoms with Crippen molar-refractivity contribution in [1.82, 2.24) is 20.4 Å². The number of anilines is 1. The fourth-order valence-corrected chi connectivity index (χ4v) is 4.62. The molecule has 1 atom stereocenters. The molecule has 1 fully saturated rings. The number of nitrogens with zero attached hydrogens (tertiary/aromatic N) is 3. The van der Waals surface area contributed by atoms with Crippen LogP contribution >= 0.6 is 0 Å². The molecule has 2 N–H and O–H groups in total. The van der Waals surface area contributed by atoms with Gasteiger partial charge in [-0.05, 0) is 43.1 Å². The van der Waals surface area contributed by atoms with E-state index >= 15 is 0 Å². The van der Waals surface area contributed by atoms with Crippen LogP contribution in [0.3, 0.4) is 0 Å². The van der Waals surface area contributed by atoms with E-state index in [9.17, 15) is 9.59 Å². The molecule has 2 aliphatic heterocycles. The Hall–Kier alpha value is -2.90. The van der Waals surface area contributed by atoms with Crippen molar-refractivity contribution in [3.05, 3.63) is 64.7 Å². The van der Waals surface area contributed by atoms with E-state index in [-0.39, 0.29) is 6.04 Å². The van der Waals surface area contributed by atoms with E-state index in [4.69, 9.17) is 0 Å². The molecule has 2 aromatic rings. The second kappa shape index (κ2) is 10.4. The van der Waals surface area contributed by atoms with Crippen LogP contribution in [-0.2, 0) is 22.6 Å². The number of piperazine rings is 1. The minimum Gasteiger partial charge on any atom is -0.374 e. The van der Waals surface area contributed by atoms with E-state index in [0.717, 1.165) is 50.3 Å². The van der Waals surface area contributed by atoms with Crippen molar-refractivity contribution in [2.75, 3.05) is 58.3 Å². The summed E-state index contributed by atoms with van der Waals surface area (Å²) in [5, 5.41) is 5.62. The molecule has 2 amide bonds. The molecule has 176 valence electrons. The van der Waals surface area contributed by atoms with Crippen LogP contribution in [0.5, 0.6) is 0 Å². The molecule has 2 heterocycles. The molecule has 0 bridgehead atoms. The van der Waals surface area contributed by atoms with Crippen molar-refractivity contribution in [2.24, 2.45) is 0 Å². The molecule has 0 saturated carbocycles. The Labute approximate surface area is 196 Å². The number of hydrogen-bond acceptors (Lipinski definition) is 5. The molecule has 0 aliphatic carbocycles. The van der Waals surface area contributed by atoms with Gasteiger partial charge in [0.05, 0.1) is 6.04 Å². The zero-order chi connectivity index (χ0) is 23.4. The third kappa shape index (κ3) is 5.72. The number of amides is 2. The maximum absolute atomic E-state index is 12.6. The largest absolute Gasteiger partial charge is 0.374 e. The average molecular weight is 450 g/mol. The first-order chi connectivity index (χ1) is 15.9. The first-order valence-electron chi connectivity index (χ1n) is 11.8. The third-order valence-electron chi connectivity index (χ3n) is 6.83. The number of aryl methyl sites for hydroxylation is 1. The quantitative estimate of drug-likeness (QED) is 0.658. The Kier molecular flexibility index (Phi) is 7.30. The Morgan fingerprint density at radius 2 is 1.61 bits per heavy atom. The number of nitrogens with one attached hydrogen (secondary N) is 2. The summed E-state index contributed by atoms with van der Waals surface area (Å²) in [5.41, 5.74) is 5.98. The standard InChI is InChI=1S/C26H35N5O2/c1-19-4-6-20(7-5-19)17-27-25(32)26(33)28-18-24(31-14-12-29(2)13-15-31)21-8-9-23-22(16-21)10-11-30(23)3/h4-9,16,24H,10-15,17-18H2,1-3H3,(H,27,32)(H,28,33). The highest BCUT2D eigenvalue weighted by Gasteiger charge is 2.27. The molecule has 7 nitrogen and oxygen atoms in total. The van der Waals surface area contributed by atoms with E-state index in [1.54, 1.807) is 0 Å². The Morgan fingerprint density at radius 1 is 0.909 bits per heavy atom. The number of carbonyl (C=O) groups is 2. The van der Waals surface area contributed by atoms with E-state index < -0.39 is 11.8 Å². The molecule has 0 spiro atoms. The van der Waals surface area contributed by atoms with Gasteiger partial charge >= 0.3 is 11.8 Å². The zero-order valence-electron chi connectivity index (χ0n) is 19.9. The van der Waals surface area contributed by atoms with Crippen molar-refractivity contribution in [3.8, 4) is 0 Å². The van der Waals surface area contributed by atoms with Crippen molar-refractivity contribution in [3.63, 3.8) is 0 Å². The van der Waals surface area contributed by atoms with Crippen molar-refractivity contribution < 1.29 is 9.59 Å². The van der Waals surface area contributed by atoms with Crippen LogP contribution in [0, 0.1) is 6.92 Å². The smallest absolute Gasteiger partial charge is 0.309 e. The van der Waals surface area contributed by atoms with E-state index in [2.05, 4.69) is 57.6 Å². The highest BCUT2D eigenvalue weighted by atomic mass is 16.2. The van der Waals surface area contributed by atoms with Gasteiger partial charge in [0.15, 0.2) is 0 Å². The molecule has 1 unspecified atom stereocenters. The average Bonchev–Trinajstić information content (AvgIpc) is 3.19. The maximum atomic E-state index is 12.6. The Bertz CT molecular complexity index is 983. The molecule has 2 aromatic carbocycles. The van der Waals surface area contributed by atoms with Gasteiger partial charge in [0, 0.05) is 58.5 Å². The number of carbonyl (C=O) groups excluding carboxylic acids is 2. The van der Waals surface area contributed by atoms with Crippen LogP contribution < -0.4 is 15.5 Å². The number of hydrogen-bond donors (Lipinski definition) is 2. The molecular formula is C26H35N5O2. The second-order valence-corrected chi connectivity index (χ2v) is 9.29. The Morgan fingerprint density at radius 3 is 2.33 bits per heavy atom. The highest BCUT2D eigenvalue weighted by Crippen LogP contribution is 2.31. The summed E-state index contributed by atoms with van der Waals surface area (Å²) in [6, 6.07) is 14.6. The van der Waals surface area contributed by atoms with Crippen LogP contribution in [0.2, 0.25) is 0 Å². The van der Waals surface area contributed by atoms with Gasteiger partial charge in [-0.25, -0.2) is 0 Å². The summed E-state index contributed by atoms with van der Waals surface area (Å²) in [4.78, 5) is 32.0. The van der Waals surface area contributed by atoms with Gasteiger partial charge in [0.25, 0.3) is 0 Å². The number of likely N-dealkylation sites (N-methyl/N-ethyl adjacent to an activating group) is 2. The van der Waals surface area contributed by atoms with Gasteiger partial charge in [0.2, 0.25) is 0 Å². The van der Waals surface area contributed by atoms with Crippen molar-refractivity contribution >= 4 is 17.5 Å². The van der Waals surface area contributed by atoms with Crippen LogP contribution in [0.1, 0.15) is 28.3 Å². The molecule has 2 aliphatic rings. The van der Waals surface area contributed by atoms with Crippen LogP contribution in [-0.4, -0.2) is 75.0 Å². The van der Waals surface area contributed by atoms with Crippen LogP contribution in [0.25, 0.3) is 0 Å². The number of fused-ring (bicyclic) bond motifs is 1. The second-order valence-electron chi connectivity index (χ2n) is 9.29. The van der Waals surface area contributed by atoms with E-state index in [0.29, 0.717) is 13.1 Å². The molecule has 33 heavy (non-hydrogen) atoms. The Balaban J connectivity index is 1.40. The minimum absolute atomic E-state index is 0.0451. The first kappa shape index (κ1) is 23.3. The monoisotopic (exact) mass is 449 g/mol. The summed E-state index contributed by atoms with van der Waals surface area (Å²) in [6.07, 6.45) is 1.04. The summed E-state index contributed by atoms with van der Waals surface area (Å²) in [5.74, 6) is -1.18. The van der Waals surface area contributed by atoms with Gasteiger partial charge in [-0.3, -0.25) is 14.5 Å². The SMILES string of the molecule is Cc1ccc(CNC(=O)C(=O)NCC(c2ccc3c(c2)CCN3C)N2CCN(C)CC2)cc1. The fraction of sp³-hybridized carbons (Fsp3) is 0.462. The van der Waals surface area contributed by atoms with Gasteiger partial charge in [-0.2, -0.15) is 0 Å². The predicted octanol–water partition coefficient (Wildman–Crippen LogP) is 1.71. The lowest BCUT2D eigenvalue weighted by molar-refractivity contribution is -0.139. The molecular weight excluding hydrogens is 414 g/mol. The summed E-state index contributed by atoms with van der Waals surface area (Å²) in [6.45, 7) is 7.68. The summed E-state index contributed by atoms with van der Waals surface area (Å²) < 4.78 is 0. The maximum Gasteiger partial charge on any atom is 0.309 e. The summed E-state index contributed by atoms with van der Waals surface area (Å²) >= 11 is 0. The van der Waals surface area contributed by atoms with Crippen molar-refractivity contribution in [1.29, 1.82) is 0 Å². The lowest BCUT2D eigenvalue weighted by atomic mass is 10.00. The number of benzene rings is 2. The molecule has 1 saturated heterocycles. The molecule has 0 aromatic heterocycles. The lowest BCUT2D eigenvalue weighted by Gasteiger charge is -2.38. The molecule has 0 radical (unpaired) electrons. The minimum atomic E-state index is -0.594. The number of rotatable bonds is 6. The van der Waals surface area contributed by atoms with Gasteiger partial charge in [-0.1, -0.05) is 42.0 Å². The van der Waals surface area contributed by atoms with Gasteiger partial charge < -0.3 is 20.4 Å². The van der Waals surface area contributed by atoms with Gasteiger partial charge in [0.1, 0.15) is 0 Å². The van der Waals surface area contributed by atoms with E-state index in [1.807, 2.05) is 31.2 Å². The van der Waals surface area contributed by atoms with E-state index in [1.165, 1.54) is 16.8 Å². The lowest BCUT2D eigenvalue weighted by Crippen LogP contribution is -2.49. The highest BCUT2D eigenvalue weighted by molar-refractivity contribution is 6.35. The summed E-state index contributed by atoms with van der Waals surface area (Å²) in [7, 11) is 4.26. The van der Waals surface area contributed by atoms with Crippen LogP contribution in [0.4, 0.5) is 5.69 Å².